The van der Waals surface area contributed by atoms with Gasteiger partial charge in [0.15, 0.2) is 22.9 Å². The van der Waals surface area contributed by atoms with Crippen LogP contribution in [-0.2, 0) is 20.9 Å². The first-order valence-electron chi connectivity index (χ1n) is 10.6. The number of methoxy groups -OCH3 is 2. The summed E-state index contributed by atoms with van der Waals surface area (Å²) in [5.41, 5.74) is 2.02. The minimum atomic E-state index is -0.502. The molecule has 1 aromatic heterocycles. The van der Waals surface area contributed by atoms with Gasteiger partial charge in [-0.3, -0.25) is 14.2 Å². The van der Waals surface area contributed by atoms with E-state index in [1.54, 1.807) is 43.3 Å². The van der Waals surface area contributed by atoms with E-state index in [0.29, 0.717) is 43.4 Å². The number of aromatic nitrogens is 1. The standard InChI is InChI=1S/C25H23N3O6S/c1-15-18(24(31)33-3)13-28-23(30)21(35-25(28)26-15)12-16-9-10-19(20(11-16)32-2)34-14-22(29)27-17-7-5-4-6-8-17/h4-12H,13-14H2,1-3H3,(H,27,29)/b21-12+. The van der Waals surface area contributed by atoms with Crippen molar-refractivity contribution < 1.29 is 23.8 Å². The van der Waals surface area contributed by atoms with Crippen LogP contribution in [0.2, 0.25) is 0 Å². The van der Waals surface area contributed by atoms with E-state index in [1.165, 1.54) is 30.1 Å². The number of hydrogen-bond acceptors (Lipinski definition) is 8. The summed E-state index contributed by atoms with van der Waals surface area (Å²) in [6, 6.07) is 14.2. The molecule has 2 aromatic carbocycles. The van der Waals surface area contributed by atoms with Gasteiger partial charge in [0.1, 0.15) is 0 Å². The monoisotopic (exact) mass is 493 g/mol. The highest BCUT2D eigenvalue weighted by Crippen LogP contribution is 2.28. The molecular weight excluding hydrogens is 470 g/mol. The van der Waals surface area contributed by atoms with Crippen LogP contribution in [0.25, 0.3) is 6.08 Å². The first-order chi connectivity index (χ1) is 16.9. The third-order valence-electron chi connectivity index (χ3n) is 5.24. The van der Waals surface area contributed by atoms with Crippen LogP contribution < -0.4 is 29.7 Å². The summed E-state index contributed by atoms with van der Waals surface area (Å²) >= 11 is 1.23. The quantitative estimate of drug-likeness (QED) is 0.504. The molecule has 1 aliphatic heterocycles. The fourth-order valence-electron chi connectivity index (χ4n) is 3.46. The van der Waals surface area contributed by atoms with Crippen LogP contribution in [0.5, 0.6) is 11.5 Å². The third-order valence-corrected chi connectivity index (χ3v) is 6.24. The van der Waals surface area contributed by atoms with Gasteiger partial charge in [-0.1, -0.05) is 35.6 Å². The van der Waals surface area contributed by atoms with Crippen LogP contribution in [0, 0.1) is 0 Å². The third kappa shape index (κ3) is 5.33. The fraction of sp³-hybridized carbons (Fsp3) is 0.200. The summed E-state index contributed by atoms with van der Waals surface area (Å²) in [4.78, 5) is 42.0. The molecule has 180 valence electrons. The predicted octanol–water partition coefficient (Wildman–Crippen LogP) is 1.84. The van der Waals surface area contributed by atoms with Gasteiger partial charge in [0.25, 0.3) is 11.5 Å². The maximum Gasteiger partial charge on any atom is 0.337 e. The number of ether oxygens (including phenoxy) is 3. The van der Waals surface area contributed by atoms with Gasteiger partial charge in [-0.2, -0.15) is 0 Å². The van der Waals surface area contributed by atoms with Crippen molar-refractivity contribution >= 4 is 35.0 Å². The zero-order chi connectivity index (χ0) is 24.9. The average Bonchev–Trinajstić information content (AvgIpc) is 3.16. The van der Waals surface area contributed by atoms with Gasteiger partial charge >= 0.3 is 5.97 Å². The van der Waals surface area contributed by atoms with Crippen molar-refractivity contribution in [3.8, 4) is 11.5 Å². The molecule has 35 heavy (non-hydrogen) atoms. The molecule has 0 spiro atoms. The van der Waals surface area contributed by atoms with Crippen LogP contribution in [0.1, 0.15) is 12.5 Å². The fourth-order valence-corrected chi connectivity index (χ4v) is 4.49. The maximum absolute atomic E-state index is 12.9. The molecule has 1 N–H and O–H groups in total. The Labute approximate surface area is 204 Å². The Kier molecular flexibility index (Phi) is 7.11. The Bertz CT molecular complexity index is 1490. The van der Waals surface area contributed by atoms with E-state index in [2.05, 4.69) is 10.3 Å². The Morgan fingerprint density at radius 3 is 2.63 bits per heavy atom. The lowest BCUT2D eigenvalue weighted by molar-refractivity contribution is -0.136. The van der Waals surface area contributed by atoms with Crippen molar-refractivity contribution in [2.45, 2.75) is 13.5 Å². The highest BCUT2D eigenvalue weighted by Gasteiger charge is 2.21. The van der Waals surface area contributed by atoms with Crippen LogP contribution in [0.15, 0.2) is 69.6 Å². The van der Waals surface area contributed by atoms with Crippen molar-refractivity contribution in [1.82, 2.24) is 4.57 Å². The minimum absolute atomic E-state index is 0.113. The molecule has 1 aliphatic rings. The second kappa shape index (κ2) is 10.4. The molecule has 0 aliphatic carbocycles. The van der Waals surface area contributed by atoms with Gasteiger partial charge < -0.3 is 19.5 Å². The van der Waals surface area contributed by atoms with Gasteiger partial charge in [0.2, 0.25) is 0 Å². The molecule has 0 bridgehead atoms. The summed E-state index contributed by atoms with van der Waals surface area (Å²) in [7, 11) is 2.79. The number of allylic oxidation sites excluding steroid dienone is 1. The summed E-state index contributed by atoms with van der Waals surface area (Å²) in [6.07, 6.45) is 1.72. The normalized spacial score (nSPS) is 13.1. The van der Waals surface area contributed by atoms with E-state index < -0.39 is 5.97 Å². The number of nitrogens with one attached hydrogen (secondary N) is 1. The molecule has 2 heterocycles. The number of thiazole rings is 1. The second-order valence-corrected chi connectivity index (χ2v) is 8.57. The van der Waals surface area contributed by atoms with Crippen LogP contribution in [0.3, 0.4) is 0 Å². The first kappa shape index (κ1) is 24.0. The van der Waals surface area contributed by atoms with Gasteiger partial charge in [0.05, 0.1) is 36.6 Å². The molecule has 9 nitrogen and oxygen atoms in total. The molecule has 4 rings (SSSR count). The van der Waals surface area contributed by atoms with E-state index in [-0.39, 0.29) is 24.6 Å². The Balaban J connectivity index is 1.53. The van der Waals surface area contributed by atoms with Gasteiger partial charge in [-0.05, 0) is 42.8 Å². The average molecular weight is 494 g/mol. The Hall–Kier alpha value is -4.18. The molecule has 10 heteroatoms. The Morgan fingerprint density at radius 2 is 1.91 bits per heavy atom. The van der Waals surface area contributed by atoms with Crippen LogP contribution in [-0.4, -0.2) is 37.3 Å². The summed E-state index contributed by atoms with van der Waals surface area (Å²) < 4.78 is 17.8. The molecule has 0 fully saturated rings. The zero-order valence-corrected chi connectivity index (χ0v) is 20.2. The van der Waals surface area contributed by atoms with E-state index in [9.17, 15) is 14.4 Å². The summed E-state index contributed by atoms with van der Waals surface area (Å²) in [5, 5.41) is 2.75. The van der Waals surface area contributed by atoms with Crippen molar-refractivity contribution in [3.63, 3.8) is 0 Å². The van der Waals surface area contributed by atoms with Gasteiger partial charge in [-0.15, -0.1) is 0 Å². The number of para-hydroxylation sites is 1. The van der Waals surface area contributed by atoms with Crippen molar-refractivity contribution in [3.05, 3.63) is 85.1 Å². The van der Waals surface area contributed by atoms with Crippen molar-refractivity contribution in [1.29, 1.82) is 0 Å². The van der Waals surface area contributed by atoms with Crippen molar-refractivity contribution in [2.24, 2.45) is 4.99 Å². The topological polar surface area (TPSA) is 108 Å². The molecule has 3 aromatic rings. The number of esters is 1. The molecule has 0 atom stereocenters. The number of rotatable bonds is 7. The molecule has 0 unspecified atom stereocenters. The summed E-state index contributed by atoms with van der Waals surface area (Å²) in [6.45, 7) is 1.64. The lowest BCUT2D eigenvalue weighted by atomic mass is 10.2. The molecule has 0 saturated carbocycles. The number of carbonyl (C=O) groups excluding carboxylic acids is 2. The van der Waals surface area contributed by atoms with Crippen molar-refractivity contribution in [2.75, 3.05) is 26.1 Å². The highest BCUT2D eigenvalue weighted by atomic mass is 32.1. The second-order valence-electron chi connectivity index (χ2n) is 7.57. The lowest BCUT2D eigenvalue weighted by Gasteiger charge is -2.11. The van der Waals surface area contributed by atoms with E-state index in [0.717, 1.165) is 0 Å². The molecular formula is C25H23N3O6S. The van der Waals surface area contributed by atoms with Gasteiger partial charge in [-0.25, -0.2) is 9.79 Å². The highest BCUT2D eigenvalue weighted by molar-refractivity contribution is 7.07. The van der Waals surface area contributed by atoms with E-state index >= 15 is 0 Å². The van der Waals surface area contributed by atoms with Crippen LogP contribution >= 0.6 is 11.3 Å². The number of nitrogens with zero attached hydrogens (tertiary/aromatic N) is 2. The molecule has 0 saturated heterocycles. The Morgan fingerprint density at radius 1 is 1.14 bits per heavy atom. The van der Waals surface area contributed by atoms with Crippen LogP contribution in [0.4, 0.5) is 5.69 Å². The zero-order valence-electron chi connectivity index (χ0n) is 19.4. The first-order valence-corrected chi connectivity index (χ1v) is 11.4. The largest absolute Gasteiger partial charge is 0.493 e. The summed E-state index contributed by atoms with van der Waals surface area (Å²) in [5.74, 6) is 0.0128. The number of fused-ring (bicyclic) bond motifs is 1. The van der Waals surface area contributed by atoms with Gasteiger partial charge in [0, 0.05) is 5.69 Å². The molecule has 0 radical (unpaired) electrons. The number of hydrogen-bond donors (Lipinski definition) is 1. The van der Waals surface area contributed by atoms with E-state index in [1.807, 2.05) is 18.2 Å². The predicted molar refractivity (Wildman–Crippen MR) is 131 cm³/mol. The van der Waals surface area contributed by atoms with E-state index in [4.69, 9.17) is 14.2 Å². The minimum Gasteiger partial charge on any atom is -0.493 e. The number of anilines is 1. The lowest BCUT2D eigenvalue weighted by Crippen LogP contribution is -2.35. The SMILES string of the molecule is COC(=O)C1=C(C)N=c2s/c(=C/c3ccc(OCC(=O)Nc4ccccc4)c(OC)c3)c(=O)n2C1. The molecule has 1 amide bonds. The smallest absolute Gasteiger partial charge is 0.337 e. The number of carbonyl (C=O) groups is 2. The number of benzene rings is 2. The maximum atomic E-state index is 12.9. The number of amides is 1.